The molecule has 0 aliphatic carbocycles. The molecule has 1 aromatic heterocycles. The van der Waals surface area contributed by atoms with Crippen molar-refractivity contribution in [3.63, 3.8) is 0 Å². The highest BCUT2D eigenvalue weighted by atomic mass is 127. The van der Waals surface area contributed by atoms with E-state index in [0.717, 1.165) is 14.5 Å². The Bertz CT molecular complexity index is 533. The van der Waals surface area contributed by atoms with Crippen LogP contribution in [0, 0.1) is 3.57 Å². The van der Waals surface area contributed by atoms with Crippen molar-refractivity contribution in [2.24, 2.45) is 0 Å². The van der Waals surface area contributed by atoms with Crippen molar-refractivity contribution >= 4 is 33.5 Å². The molecule has 0 saturated carbocycles. The highest BCUT2D eigenvalue weighted by Gasteiger charge is 2.04. The molecular weight excluding hydrogens is 293 g/mol. The lowest BCUT2D eigenvalue weighted by Crippen LogP contribution is -2.08. The van der Waals surface area contributed by atoms with Crippen molar-refractivity contribution < 1.29 is 4.74 Å². The molecule has 0 radical (unpaired) electrons. The second-order valence-electron chi connectivity index (χ2n) is 2.87. The minimum absolute atomic E-state index is 0.193. The van der Waals surface area contributed by atoms with E-state index in [9.17, 15) is 4.79 Å². The van der Waals surface area contributed by atoms with Gasteiger partial charge in [0, 0.05) is 14.5 Å². The Hall–Kier alpha value is -1.04. The third kappa shape index (κ3) is 1.50. The van der Waals surface area contributed by atoms with Gasteiger partial charge in [0.05, 0.1) is 7.11 Å². The summed E-state index contributed by atoms with van der Waals surface area (Å²) in [5.41, 5.74) is 0.643. The van der Waals surface area contributed by atoms with Crippen LogP contribution in [0.2, 0.25) is 0 Å². The van der Waals surface area contributed by atoms with E-state index >= 15 is 0 Å². The van der Waals surface area contributed by atoms with Crippen molar-refractivity contribution in [2.45, 2.75) is 0 Å². The number of halogens is 1. The highest BCUT2D eigenvalue weighted by molar-refractivity contribution is 14.1. The van der Waals surface area contributed by atoms with Gasteiger partial charge in [-0.05, 0) is 40.8 Å². The number of fused-ring (bicyclic) bond motifs is 1. The summed E-state index contributed by atoms with van der Waals surface area (Å²) in [4.78, 5) is 14.2. The van der Waals surface area contributed by atoms with Crippen molar-refractivity contribution in [1.29, 1.82) is 0 Å². The van der Waals surface area contributed by atoms with Gasteiger partial charge < -0.3 is 9.72 Å². The van der Waals surface area contributed by atoms with Crippen LogP contribution in [0.3, 0.4) is 0 Å². The lowest BCUT2D eigenvalue weighted by molar-refractivity contribution is 0.409. The fourth-order valence-electron chi connectivity index (χ4n) is 1.32. The number of benzene rings is 1. The van der Waals surface area contributed by atoms with E-state index in [4.69, 9.17) is 4.74 Å². The Kier molecular flexibility index (Phi) is 2.45. The summed E-state index contributed by atoms with van der Waals surface area (Å²) in [6, 6.07) is 7.53. The molecule has 0 fully saturated rings. The lowest BCUT2D eigenvalue weighted by Gasteiger charge is -2.03. The van der Waals surface area contributed by atoms with Gasteiger partial charge in [0.15, 0.2) is 5.75 Å². The van der Waals surface area contributed by atoms with Crippen LogP contribution >= 0.6 is 22.6 Å². The Labute approximate surface area is 94.2 Å². The number of pyridine rings is 1. The van der Waals surface area contributed by atoms with Gasteiger partial charge in [0.25, 0.3) is 5.56 Å². The number of aromatic nitrogens is 1. The second kappa shape index (κ2) is 3.61. The normalized spacial score (nSPS) is 10.4. The maximum atomic E-state index is 11.4. The van der Waals surface area contributed by atoms with E-state index in [-0.39, 0.29) is 5.56 Å². The molecule has 3 nitrogen and oxygen atoms in total. The first-order valence-electron chi connectivity index (χ1n) is 4.08. The Morgan fingerprint density at radius 1 is 1.43 bits per heavy atom. The summed E-state index contributed by atoms with van der Waals surface area (Å²) in [5.74, 6) is 0.349. The molecule has 1 aromatic carbocycles. The predicted octanol–water partition coefficient (Wildman–Crippen LogP) is 2.14. The van der Waals surface area contributed by atoms with Crippen LogP contribution in [0.1, 0.15) is 0 Å². The largest absolute Gasteiger partial charge is 0.491 e. The fraction of sp³-hybridized carbons (Fsp3) is 0.100. The zero-order chi connectivity index (χ0) is 10.1. The molecule has 0 amide bonds. The summed E-state index contributed by atoms with van der Waals surface area (Å²) in [6.07, 6.45) is 0. The van der Waals surface area contributed by atoms with E-state index in [1.165, 1.54) is 7.11 Å². The molecule has 0 aliphatic heterocycles. The van der Waals surface area contributed by atoms with Gasteiger partial charge in [0.2, 0.25) is 0 Å². The summed E-state index contributed by atoms with van der Waals surface area (Å²) in [6.45, 7) is 0. The second-order valence-corrected chi connectivity index (χ2v) is 4.03. The molecule has 0 bridgehead atoms. The van der Waals surface area contributed by atoms with E-state index in [1.54, 1.807) is 6.07 Å². The van der Waals surface area contributed by atoms with Crippen LogP contribution in [-0.4, -0.2) is 12.1 Å². The molecule has 1 N–H and O–H groups in total. The molecule has 0 saturated heterocycles. The Balaban J connectivity index is 2.87. The predicted molar refractivity (Wildman–Crippen MR) is 63.8 cm³/mol. The van der Waals surface area contributed by atoms with Crippen LogP contribution in [0.5, 0.6) is 5.75 Å². The number of H-pyrrole nitrogens is 1. The van der Waals surface area contributed by atoms with Crippen molar-refractivity contribution in [2.75, 3.05) is 7.11 Å². The van der Waals surface area contributed by atoms with Crippen LogP contribution in [-0.2, 0) is 0 Å². The van der Waals surface area contributed by atoms with Gasteiger partial charge in [-0.3, -0.25) is 4.79 Å². The van der Waals surface area contributed by atoms with E-state index < -0.39 is 0 Å². The average Bonchev–Trinajstić information content (AvgIpc) is 2.17. The Morgan fingerprint density at radius 3 is 2.93 bits per heavy atom. The Morgan fingerprint density at radius 2 is 2.21 bits per heavy atom. The number of rotatable bonds is 1. The molecule has 4 heteroatoms. The van der Waals surface area contributed by atoms with Crippen LogP contribution in [0.4, 0.5) is 0 Å². The quantitative estimate of drug-likeness (QED) is 0.820. The number of hydrogen-bond acceptors (Lipinski definition) is 2. The number of ether oxygens (including phenoxy) is 1. The molecule has 0 atom stereocenters. The van der Waals surface area contributed by atoms with Crippen molar-refractivity contribution in [3.05, 3.63) is 38.2 Å². The molecule has 1 heterocycles. The molecule has 72 valence electrons. The van der Waals surface area contributed by atoms with Gasteiger partial charge in [-0.2, -0.15) is 0 Å². The standard InChI is InChI=1S/C10H8INO2/c1-14-9-5-6-7(11)3-2-4-8(6)12-10(9)13/h2-5H,1H3,(H,12,13). The molecule has 14 heavy (non-hydrogen) atoms. The maximum absolute atomic E-state index is 11.4. The number of nitrogens with one attached hydrogen (secondary N) is 1. The summed E-state index contributed by atoms with van der Waals surface area (Å²) in [5, 5.41) is 1.00. The number of aromatic amines is 1. The van der Waals surface area contributed by atoms with Gasteiger partial charge in [-0.1, -0.05) is 6.07 Å². The van der Waals surface area contributed by atoms with Crippen LogP contribution in [0.15, 0.2) is 29.1 Å². The summed E-state index contributed by atoms with van der Waals surface area (Å²) < 4.78 is 6.05. The first-order chi connectivity index (χ1) is 6.72. The smallest absolute Gasteiger partial charge is 0.290 e. The van der Waals surface area contributed by atoms with Gasteiger partial charge in [-0.25, -0.2) is 0 Å². The topological polar surface area (TPSA) is 42.1 Å². The number of methoxy groups -OCH3 is 1. The average molecular weight is 301 g/mol. The van der Waals surface area contributed by atoms with Gasteiger partial charge in [-0.15, -0.1) is 0 Å². The minimum Gasteiger partial charge on any atom is -0.491 e. The highest BCUT2D eigenvalue weighted by Crippen LogP contribution is 2.20. The van der Waals surface area contributed by atoms with Gasteiger partial charge in [0.1, 0.15) is 0 Å². The zero-order valence-corrected chi connectivity index (χ0v) is 9.66. The molecule has 0 unspecified atom stereocenters. The maximum Gasteiger partial charge on any atom is 0.290 e. The lowest BCUT2D eigenvalue weighted by atomic mass is 10.2. The zero-order valence-electron chi connectivity index (χ0n) is 7.50. The SMILES string of the molecule is COc1cc2c(I)cccc2[nH]c1=O. The fourth-order valence-corrected chi connectivity index (χ4v) is 1.98. The third-order valence-corrected chi connectivity index (χ3v) is 2.96. The molecule has 0 aliphatic rings. The third-order valence-electron chi connectivity index (χ3n) is 2.02. The van der Waals surface area contributed by atoms with Crippen molar-refractivity contribution in [1.82, 2.24) is 4.98 Å². The van der Waals surface area contributed by atoms with E-state index in [0.29, 0.717) is 5.75 Å². The first-order valence-corrected chi connectivity index (χ1v) is 5.16. The van der Waals surface area contributed by atoms with Crippen molar-refractivity contribution in [3.8, 4) is 5.75 Å². The monoisotopic (exact) mass is 301 g/mol. The van der Waals surface area contributed by atoms with Crippen LogP contribution < -0.4 is 10.3 Å². The molecule has 2 aromatic rings. The van der Waals surface area contributed by atoms with E-state index in [2.05, 4.69) is 27.6 Å². The van der Waals surface area contributed by atoms with Gasteiger partial charge >= 0.3 is 0 Å². The van der Waals surface area contributed by atoms with Crippen LogP contribution in [0.25, 0.3) is 10.9 Å². The summed E-state index contributed by atoms with van der Waals surface area (Å²) in [7, 11) is 1.49. The van der Waals surface area contributed by atoms with E-state index in [1.807, 2.05) is 18.2 Å². The first kappa shape index (κ1) is 9.51. The molecular formula is C10H8INO2. The minimum atomic E-state index is -0.193. The molecule has 0 spiro atoms. The molecule has 2 rings (SSSR count). The summed E-state index contributed by atoms with van der Waals surface area (Å²) >= 11 is 2.23. The number of hydrogen-bond donors (Lipinski definition) is 1.